The molecule has 2 unspecified atom stereocenters. The molecule has 0 aliphatic carbocycles. The van der Waals surface area contributed by atoms with E-state index in [1.807, 2.05) is 53.5 Å². The van der Waals surface area contributed by atoms with Gasteiger partial charge in [-0.05, 0) is 52.5 Å². The van der Waals surface area contributed by atoms with Crippen molar-refractivity contribution < 1.29 is 9.53 Å². The van der Waals surface area contributed by atoms with Crippen molar-refractivity contribution >= 4 is 23.9 Å². The highest BCUT2D eigenvalue weighted by Gasteiger charge is 2.25. The van der Waals surface area contributed by atoms with Gasteiger partial charge < -0.3 is 15.0 Å². The molecule has 1 aromatic heterocycles. The normalized spacial score (nSPS) is 17.1. The molecule has 7 nitrogen and oxygen atoms in total. The predicted molar refractivity (Wildman–Crippen MR) is 125 cm³/mol. The fourth-order valence-corrected chi connectivity index (χ4v) is 3.41. The van der Waals surface area contributed by atoms with Crippen LogP contribution in [0.1, 0.15) is 78.0 Å². The monoisotopic (exact) mass is 449 g/mol. The van der Waals surface area contributed by atoms with Crippen LogP contribution >= 0.6 is 11.6 Å². The van der Waals surface area contributed by atoms with Crippen molar-refractivity contribution in [2.45, 2.75) is 85.4 Å². The Hall–Kier alpha value is -2.35. The summed E-state index contributed by atoms with van der Waals surface area (Å²) < 4.78 is 4.55. The van der Waals surface area contributed by atoms with Crippen molar-refractivity contribution in [1.82, 2.24) is 10.3 Å². The van der Waals surface area contributed by atoms with E-state index in [0.717, 1.165) is 19.4 Å². The maximum absolute atomic E-state index is 9.60. The van der Waals surface area contributed by atoms with Gasteiger partial charge in [0.15, 0.2) is 0 Å². The number of aromatic nitrogens is 1. The molecule has 1 fully saturated rings. The van der Waals surface area contributed by atoms with Crippen LogP contribution < -0.4 is 10.2 Å². The van der Waals surface area contributed by atoms with Crippen LogP contribution in [-0.4, -0.2) is 42.7 Å². The van der Waals surface area contributed by atoms with Gasteiger partial charge in [-0.2, -0.15) is 10.5 Å². The number of pyridine rings is 1. The average Bonchev–Trinajstić information content (AvgIpc) is 3.12. The van der Waals surface area contributed by atoms with E-state index in [1.165, 1.54) is 0 Å². The molecular formula is C23H36ClN5O2. The SMILES string of the molecule is CC.CC(C)(C)OC=O.CCc1c(C#N)c(Cl)nc(N(C)CC2CCC(C)N2)c1C#N. The van der Waals surface area contributed by atoms with Gasteiger partial charge in [-0.15, -0.1) is 0 Å². The van der Waals surface area contributed by atoms with Gasteiger partial charge >= 0.3 is 0 Å². The number of nitriles is 2. The predicted octanol–water partition coefficient (Wildman–Crippen LogP) is 4.60. The van der Waals surface area contributed by atoms with E-state index in [1.54, 1.807) is 0 Å². The maximum Gasteiger partial charge on any atom is 0.293 e. The van der Waals surface area contributed by atoms with Crippen LogP contribution in [0.2, 0.25) is 5.15 Å². The third-order valence-electron chi connectivity index (χ3n) is 4.54. The van der Waals surface area contributed by atoms with Crippen molar-refractivity contribution in [1.29, 1.82) is 10.5 Å². The first-order chi connectivity index (χ1) is 14.6. The molecule has 8 heteroatoms. The van der Waals surface area contributed by atoms with Gasteiger partial charge in [0.25, 0.3) is 6.47 Å². The van der Waals surface area contributed by atoms with Gasteiger partial charge in [0.2, 0.25) is 0 Å². The van der Waals surface area contributed by atoms with Crippen molar-refractivity contribution in [3.8, 4) is 12.1 Å². The Labute approximate surface area is 192 Å². The van der Waals surface area contributed by atoms with Crippen LogP contribution in [0.3, 0.4) is 0 Å². The van der Waals surface area contributed by atoms with E-state index in [9.17, 15) is 15.3 Å². The molecule has 2 heterocycles. The minimum Gasteiger partial charge on any atom is -0.462 e. The van der Waals surface area contributed by atoms with Crippen molar-refractivity contribution in [3.63, 3.8) is 0 Å². The van der Waals surface area contributed by atoms with Gasteiger partial charge in [0.05, 0.1) is 11.1 Å². The Morgan fingerprint density at radius 2 is 1.84 bits per heavy atom. The Kier molecular flexibility index (Phi) is 12.8. The molecule has 31 heavy (non-hydrogen) atoms. The van der Waals surface area contributed by atoms with Gasteiger partial charge in [0.1, 0.15) is 28.7 Å². The lowest BCUT2D eigenvalue weighted by molar-refractivity contribution is -0.138. The smallest absolute Gasteiger partial charge is 0.293 e. The van der Waals surface area contributed by atoms with Gasteiger partial charge in [0, 0.05) is 25.7 Å². The number of hydrogen-bond acceptors (Lipinski definition) is 7. The van der Waals surface area contributed by atoms with E-state index in [-0.39, 0.29) is 10.8 Å². The summed E-state index contributed by atoms with van der Waals surface area (Å²) in [5.41, 5.74) is 1.13. The summed E-state index contributed by atoms with van der Waals surface area (Å²) in [5, 5.41) is 22.4. The molecule has 1 saturated heterocycles. The summed E-state index contributed by atoms with van der Waals surface area (Å²) in [6, 6.07) is 5.16. The summed E-state index contributed by atoms with van der Waals surface area (Å²) in [6.07, 6.45) is 2.84. The molecule has 0 spiro atoms. The second kappa shape index (κ2) is 13.9. The number of halogens is 1. The molecule has 0 radical (unpaired) electrons. The van der Waals surface area contributed by atoms with Gasteiger partial charge in [-0.25, -0.2) is 4.98 Å². The third-order valence-corrected chi connectivity index (χ3v) is 4.81. The molecule has 2 atom stereocenters. The first-order valence-corrected chi connectivity index (χ1v) is 11.1. The van der Waals surface area contributed by atoms with E-state index in [2.05, 4.69) is 34.1 Å². The van der Waals surface area contributed by atoms with Crippen LogP contribution in [0.25, 0.3) is 0 Å². The molecule has 0 saturated carbocycles. The fraction of sp³-hybridized carbons (Fsp3) is 0.652. The number of carbonyl (C=O) groups excluding carboxylic acids is 1. The number of carbonyl (C=O) groups is 1. The highest BCUT2D eigenvalue weighted by Crippen LogP contribution is 2.29. The molecule has 172 valence electrons. The largest absolute Gasteiger partial charge is 0.462 e. The Morgan fingerprint density at radius 3 is 2.19 bits per heavy atom. The molecule has 1 aromatic rings. The minimum absolute atomic E-state index is 0.174. The highest BCUT2D eigenvalue weighted by molar-refractivity contribution is 6.30. The highest BCUT2D eigenvalue weighted by atomic mass is 35.5. The van der Waals surface area contributed by atoms with E-state index in [4.69, 9.17) is 11.6 Å². The lowest BCUT2D eigenvalue weighted by atomic mass is 10.0. The summed E-state index contributed by atoms with van der Waals surface area (Å²) in [5.74, 6) is 0.560. The number of nitrogens with one attached hydrogen (secondary N) is 1. The Balaban J connectivity index is 0.000000852. The lowest BCUT2D eigenvalue weighted by Crippen LogP contribution is -2.38. The summed E-state index contributed by atoms with van der Waals surface area (Å²) in [4.78, 5) is 15.9. The second-order valence-corrected chi connectivity index (χ2v) is 8.44. The fourth-order valence-electron chi connectivity index (χ4n) is 3.18. The van der Waals surface area contributed by atoms with E-state index >= 15 is 0 Å². The molecule has 1 aliphatic heterocycles. The first kappa shape index (κ1) is 28.6. The molecular weight excluding hydrogens is 414 g/mol. The summed E-state index contributed by atoms with van der Waals surface area (Å²) in [6.45, 7) is 14.8. The van der Waals surface area contributed by atoms with E-state index in [0.29, 0.717) is 47.5 Å². The van der Waals surface area contributed by atoms with Crippen LogP contribution in [0.15, 0.2) is 0 Å². The first-order valence-electron chi connectivity index (χ1n) is 10.7. The van der Waals surface area contributed by atoms with Crippen LogP contribution in [-0.2, 0) is 16.0 Å². The number of nitrogens with zero attached hydrogens (tertiary/aromatic N) is 4. The second-order valence-electron chi connectivity index (χ2n) is 8.08. The number of likely N-dealkylation sites (N-methyl/N-ethyl adjacent to an activating group) is 1. The van der Waals surface area contributed by atoms with Crippen LogP contribution in [0.4, 0.5) is 5.82 Å². The maximum atomic E-state index is 9.60. The average molecular weight is 450 g/mol. The molecule has 1 N–H and O–H groups in total. The quantitative estimate of drug-likeness (QED) is 0.517. The Bertz CT molecular complexity index is 793. The zero-order chi connectivity index (χ0) is 24.2. The molecule has 2 rings (SSSR count). The number of hydrogen-bond donors (Lipinski definition) is 1. The zero-order valence-corrected chi connectivity index (χ0v) is 20.8. The molecule has 0 bridgehead atoms. The van der Waals surface area contributed by atoms with Crippen molar-refractivity contribution in [3.05, 3.63) is 21.8 Å². The summed E-state index contributed by atoms with van der Waals surface area (Å²) in [7, 11) is 1.91. The Morgan fingerprint density at radius 1 is 1.26 bits per heavy atom. The summed E-state index contributed by atoms with van der Waals surface area (Å²) >= 11 is 6.14. The van der Waals surface area contributed by atoms with Crippen LogP contribution in [0.5, 0.6) is 0 Å². The number of rotatable bonds is 5. The third kappa shape index (κ3) is 9.12. The lowest BCUT2D eigenvalue weighted by Gasteiger charge is -2.25. The van der Waals surface area contributed by atoms with Gasteiger partial charge in [-0.3, -0.25) is 4.79 Å². The zero-order valence-electron chi connectivity index (χ0n) is 20.0. The minimum atomic E-state index is -0.318. The number of ether oxygens (including phenoxy) is 1. The van der Waals surface area contributed by atoms with Crippen LogP contribution in [0, 0.1) is 22.7 Å². The van der Waals surface area contributed by atoms with E-state index < -0.39 is 0 Å². The number of anilines is 1. The van der Waals surface area contributed by atoms with Crippen molar-refractivity contribution in [2.24, 2.45) is 0 Å². The molecule has 0 aromatic carbocycles. The van der Waals surface area contributed by atoms with Gasteiger partial charge in [-0.1, -0.05) is 32.4 Å². The topological polar surface area (TPSA) is 102 Å². The molecule has 0 amide bonds. The van der Waals surface area contributed by atoms with Crippen molar-refractivity contribution in [2.75, 3.05) is 18.5 Å². The standard InChI is InChI=1S/C16H20ClN5.C5H10O2.C2H6/c1-4-12-13(7-18)15(17)21-16(14(12)8-19)22(3)9-11-6-5-10(2)20-11;1-5(2,3)7-4-6;1-2/h10-11,20H,4-6,9H2,1-3H3;4H,1-3H3;1-2H3. The molecule has 1 aliphatic rings.